The number of carbonyl (C=O) groups excluding carboxylic acids is 1. The van der Waals surface area contributed by atoms with Crippen molar-refractivity contribution in [1.29, 1.82) is 0 Å². The molecule has 3 rings (SSSR count). The fourth-order valence-corrected chi connectivity index (χ4v) is 5.52. The first-order valence-corrected chi connectivity index (χ1v) is 16.6. The minimum atomic E-state index is -1.65. The molecule has 1 aromatic carbocycles. The van der Waals surface area contributed by atoms with Gasteiger partial charge in [-0.15, -0.1) is 0 Å². The monoisotopic (exact) mass is 620 g/mol. The number of phenolic OH excluding ortho intramolecular Hbond substituents is 1. The van der Waals surface area contributed by atoms with Crippen molar-refractivity contribution in [3.05, 3.63) is 34.7 Å². The van der Waals surface area contributed by atoms with Crippen molar-refractivity contribution in [2.24, 2.45) is 0 Å². The van der Waals surface area contributed by atoms with E-state index in [4.69, 9.17) is 18.6 Å². The van der Waals surface area contributed by atoms with Crippen molar-refractivity contribution in [2.45, 2.75) is 147 Å². The number of fused-ring (bicyclic) bond motifs is 1. The average Bonchev–Trinajstić information content (AvgIpc) is 3.00. The number of phenols is 1. The molecular formula is C34H52O10. The molecule has 2 aromatic rings. The first-order valence-electron chi connectivity index (χ1n) is 16.6. The number of unbranched alkanes of at least 4 members (excludes halogenated alkanes) is 15. The Morgan fingerprint density at radius 3 is 1.93 bits per heavy atom. The number of ether oxygens (including phenoxy) is 3. The molecule has 248 valence electrons. The molecule has 0 bridgehead atoms. The Morgan fingerprint density at radius 2 is 1.34 bits per heavy atom. The highest BCUT2D eigenvalue weighted by atomic mass is 16.7. The van der Waals surface area contributed by atoms with Crippen LogP contribution in [0.3, 0.4) is 0 Å². The molecule has 0 saturated carbocycles. The van der Waals surface area contributed by atoms with Gasteiger partial charge in [0.15, 0.2) is 11.5 Å². The first-order chi connectivity index (χ1) is 21.3. The van der Waals surface area contributed by atoms with Crippen LogP contribution in [-0.4, -0.2) is 63.7 Å². The van der Waals surface area contributed by atoms with Gasteiger partial charge in [0, 0.05) is 23.9 Å². The Labute approximate surface area is 260 Å². The minimum Gasteiger partial charge on any atom is -0.504 e. The van der Waals surface area contributed by atoms with E-state index in [0.717, 1.165) is 19.3 Å². The van der Waals surface area contributed by atoms with Crippen LogP contribution in [0, 0.1) is 0 Å². The van der Waals surface area contributed by atoms with Crippen molar-refractivity contribution < 1.29 is 43.8 Å². The molecule has 0 aliphatic carbocycles. The van der Waals surface area contributed by atoms with E-state index in [9.17, 15) is 30.0 Å². The molecule has 0 radical (unpaired) electrons. The summed E-state index contributed by atoms with van der Waals surface area (Å²) in [5.41, 5.74) is -0.446. The van der Waals surface area contributed by atoms with Crippen LogP contribution in [0.2, 0.25) is 0 Å². The molecule has 1 aliphatic heterocycles. The zero-order valence-corrected chi connectivity index (χ0v) is 26.2. The number of benzene rings is 1. The number of carbonyl (C=O) groups is 1. The summed E-state index contributed by atoms with van der Waals surface area (Å²) in [6.45, 7) is 1.92. The maximum absolute atomic E-state index is 12.3. The van der Waals surface area contributed by atoms with Crippen LogP contribution in [0.1, 0.15) is 116 Å². The van der Waals surface area contributed by atoms with Gasteiger partial charge in [-0.3, -0.25) is 4.79 Å². The number of rotatable bonds is 21. The van der Waals surface area contributed by atoms with Crippen molar-refractivity contribution in [3.63, 3.8) is 0 Å². The van der Waals surface area contributed by atoms with Gasteiger partial charge in [-0.05, 0) is 18.6 Å². The van der Waals surface area contributed by atoms with E-state index in [2.05, 4.69) is 6.92 Å². The lowest BCUT2D eigenvalue weighted by atomic mass is 9.99. The maximum Gasteiger partial charge on any atom is 0.336 e. The van der Waals surface area contributed by atoms with Gasteiger partial charge in [-0.25, -0.2) is 4.79 Å². The highest BCUT2D eigenvalue weighted by molar-refractivity contribution is 5.80. The molecular weight excluding hydrogens is 568 g/mol. The van der Waals surface area contributed by atoms with E-state index in [1.165, 1.54) is 101 Å². The fourth-order valence-electron chi connectivity index (χ4n) is 5.52. The Balaban J connectivity index is 1.27. The van der Waals surface area contributed by atoms with E-state index in [-0.39, 0.29) is 30.1 Å². The number of aliphatic hydroxyl groups excluding tert-OH is 3. The summed E-state index contributed by atoms with van der Waals surface area (Å²) in [4.78, 5) is 23.7. The van der Waals surface area contributed by atoms with E-state index in [0.29, 0.717) is 11.8 Å². The lowest BCUT2D eigenvalue weighted by Crippen LogP contribution is -2.60. The number of esters is 1. The molecule has 0 spiro atoms. The van der Waals surface area contributed by atoms with Crippen LogP contribution in [0.25, 0.3) is 11.0 Å². The van der Waals surface area contributed by atoms with Gasteiger partial charge in [0.05, 0.1) is 0 Å². The molecule has 10 nitrogen and oxygen atoms in total. The summed E-state index contributed by atoms with van der Waals surface area (Å²) in [5, 5.41) is 41.9. The Bertz CT molecular complexity index is 1160. The second-order valence-electron chi connectivity index (χ2n) is 12.0. The van der Waals surface area contributed by atoms with E-state index in [1.807, 2.05) is 0 Å². The third-order valence-corrected chi connectivity index (χ3v) is 8.26. The third-order valence-electron chi connectivity index (χ3n) is 8.26. The van der Waals surface area contributed by atoms with Crippen LogP contribution in [-0.2, 0) is 14.3 Å². The second kappa shape index (κ2) is 19.7. The smallest absolute Gasteiger partial charge is 0.336 e. The fraction of sp³-hybridized carbons (Fsp3) is 0.706. The average molecular weight is 621 g/mol. The number of hydrogen-bond acceptors (Lipinski definition) is 10. The normalized spacial score (nSPS) is 21.9. The van der Waals surface area contributed by atoms with Gasteiger partial charge in [0.2, 0.25) is 6.29 Å². The van der Waals surface area contributed by atoms with Crippen LogP contribution >= 0.6 is 0 Å². The number of aromatic hydroxyl groups is 1. The quantitative estimate of drug-likeness (QED) is 0.0755. The van der Waals surface area contributed by atoms with Gasteiger partial charge < -0.3 is 39.1 Å². The lowest BCUT2D eigenvalue weighted by Gasteiger charge is -2.39. The maximum atomic E-state index is 12.3. The molecule has 4 N–H and O–H groups in total. The topological polar surface area (TPSA) is 156 Å². The second-order valence-corrected chi connectivity index (χ2v) is 12.0. The highest BCUT2D eigenvalue weighted by Gasteiger charge is 2.45. The lowest BCUT2D eigenvalue weighted by molar-refractivity contribution is -0.278. The van der Waals surface area contributed by atoms with Gasteiger partial charge in [-0.2, -0.15) is 0 Å². The standard InChI is InChI=1S/C34H52O10/c1-2-3-4-5-6-7-8-9-10-11-12-13-14-15-16-17-18-29(36)41-23-28-31(38)32(39)33(40)34(44-28)43-27-21-24-19-20-30(37)42-26(24)22-25(27)35/h19-22,28,31-35,38-40H,2-18,23H2,1H3/t28-,31-,32+,33-,34+/m1/s1. The Kier molecular flexibility index (Phi) is 16.0. The molecule has 44 heavy (non-hydrogen) atoms. The van der Waals surface area contributed by atoms with Crippen molar-refractivity contribution in [3.8, 4) is 11.5 Å². The minimum absolute atomic E-state index is 0.0989. The van der Waals surface area contributed by atoms with E-state index >= 15 is 0 Å². The molecule has 1 aliphatic rings. The molecule has 0 unspecified atom stereocenters. The summed E-state index contributed by atoms with van der Waals surface area (Å²) in [7, 11) is 0. The van der Waals surface area contributed by atoms with Crippen LogP contribution in [0.5, 0.6) is 11.5 Å². The molecule has 0 amide bonds. The van der Waals surface area contributed by atoms with Gasteiger partial charge >= 0.3 is 11.6 Å². The van der Waals surface area contributed by atoms with Crippen LogP contribution < -0.4 is 10.4 Å². The van der Waals surface area contributed by atoms with Crippen LogP contribution in [0.4, 0.5) is 0 Å². The molecule has 1 saturated heterocycles. The van der Waals surface area contributed by atoms with Crippen molar-refractivity contribution >= 4 is 16.9 Å². The molecule has 1 aromatic heterocycles. The Hall–Kier alpha value is -2.66. The van der Waals surface area contributed by atoms with E-state index < -0.39 is 42.3 Å². The summed E-state index contributed by atoms with van der Waals surface area (Å²) < 4.78 is 21.5. The summed E-state index contributed by atoms with van der Waals surface area (Å²) in [5.74, 6) is -0.916. The van der Waals surface area contributed by atoms with Gasteiger partial charge in [0.25, 0.3) is 0 Å². The van der Waals surface area contributed by atoms with Crippen molar-refractivity contribution in [2.75, 3.05) is 6.61 Å². The van der Waals surface area contributed by atoms with Crippen molar-refractivity contribution in [1.82, 2.24) is 0 Å². The summed E-state index contributed by atoms with van der Waals surface area (Å²) in [6, 6.07) is 5.25. The predicted molar refractivity (Wildman–Crippen MR) is 167 cm³/mol. The summed E-state index contributed by atoms with van der Waals surface area (Å²) in [6.07, 6.45) is 12.7. The SMILES string of the molecule is CCCCCCCCCCCCCCCCCCC(=O)OC[C@H]1O[C@H](Oc2cc3ccc(=O)oc3cc2O)[C@H](O)[C@@H](O)[C@@H]1O. The zero-order chi connectivity index (χ0) is 31.7. The predicted octanol–water partition coefficient (Wildman–Crippen LogP) is 5.88. The molecule has 5 atom stereocenters. The third kappa shape index (κ3) is 12.0. The van der Waals surface area contributed by atoms with Gasteiger partial charge in [-0.1, -0.05) is 103 Å². The molecule has 2 heterocycles. The van der Waals surface area contributed by atoms with Gasteiger partial charge in [0.1, 0.15) is 36.6 Å². The molecule has 10 heteroatoms. The number of aliphatic hydroxyl groups is 3. The Morgan fingerprint density at radius 1 is 0.773 bits per heavy atom. The number of hydrogen-bond donors (Lipinski definition) is 4. The highest BCUT2D eigenvalue weighted by Crippen LogP contribution is 2.34. The molecule has 1 fully saturated rings. The first kappa shape index (κ1) is 35.8. The largest absolute Gasteiger partial charge is 0.504 e. The van der Waals surface area contributed by atoms with Crippen LogP contribution in [0.15, 0.2) is 33.5 Å². The zero-order valence-electron chi connectivity index (χ0n) is 26.2. The van der Waals surface area contributed by atoms with E-state index in [1.54, 1.807) is 0 Å². The summed E-state index contributed by atoms with van der Waals surface area (Å²) >= 11 is 0.